The molecule has 1 fully saturated rings. The number of ether oxygens (including phenoxy) is 1. The summed E-state index contributed by atoms with van der Waals surface area (Å²) in [4.78, 5) is 39.1. The molecule has 1 aliphatic heterocycles. The molecule has 0 atom stereocenters. The maximum absolute atomic E-state index is 11.7. The van der Waals surface area contributed by atoms with Crippen molar-refractivity contribution in [1.29, 1.82) is 0 Å². The maximum atomic E-state index is 11.7. The molecule has 100 valence electrons. The van der Waals surface area contributed by atoms with E-state index in [-0.39, 0.29) is 19.3 Å². The lowest BCUT2D eigenvalue weighted by molar-refractivity contribution is -0.197. The van der Waals surface area contributed by atoms with Gasteiger partial charge in [0.25, 0.3) is 11.8 Å². The van der Waals surface area contributed by atoms with E-state index < -0.39 is 17.8 Å². The quantitative estimate of drug-likeness (QED) is 0.753. The average Bonchev–Trinajstić information content (AvgIpc) is 2.71. The summed E-state index contributed by atoms with van der Waals surface area (Å²) < 4.78 is 5.10. The zero-order valence-corrected chi connectivity index (χ0v) is 10.4. The molecule has 1 aromatic carbocycles. The second-order valence-corrected chi connectivity index (χ2v) is 4.03. The van der Waals surface area contributed by atoms with Crippen LogP contribution in [0.15, 0.2) is 24.3 Å². The molecule has 0 N–H and O–H groups in total. The largest absolute Gasteiger partial charge is 0.496 e. The Bertz CT molecular complexity index is 510. The van der Waals surface area contributed by atoms with Gasteiger partial charge in [-0.1, -0.05) is 18.2 Å². The van der Waals surface area contributed by atoms with Crippen LogP contribution < -0.4 is 4.74 Å². The Morgan fingerprint density at radius 3 is 2.47 bits per heavy atom. The Morgan fingerprint density at radius 2 is 1.84 bits per heavy atom. The summed E-state index contributed by atoms with van der Waals surface area (Å²) in [6.07, 6.45) is 0.0998. The number of rotatable bonds is 4. The summed E-state index contributed by atoms with van der Waals surface area (Å²) in [5.41, 5.74) is 0.633. The molecular weight excluding hydrogens is 250 g/mol. The van der Waals surface area contributed by atoms with Gasteiger partial charge in [-0.25, -0.2) is 4.79 Å². The van der Waals surface area contributed by atoms with Crippen molar-refractivity contribution < 1.29 is 24.0 Å². The third kappa shape index (κ3) is 2.90. The van der Waals surface area contributed by atoms with Gasteiger partial charge in [-0.15, -0.1) is 5.06 Å². The minimum absolute atomic E-state index is 0.0684. The molecule has 0 unspecified atom stereocenters. The topological polar surface area (TPSA) is 72.9 Å². The summed E-state index contributed by atoms with van der Waals surface area (Å²) in [5.74, 6) is -1.09. The van der Waals surface area contributed by atoms with Gasteiger partial charge in [-0.2, -0.15) is 0 Å². The molecule has 0 saturated carbocycles. The van der Waals surface area contributed by atoms with E-state index in [2.05, 4.69) is 0 Å². The molecule has 6 heteroatoms. The van der Waals surface area contributed by atoms with Gasteiger partial charge in [0.1, 0.15) is 5.75 Å². The summed E-state index contributed by atoms with van der Waals surface area (Å²) >= 11 is 0. The second kappa shape index (κ2) is 5.51. The minimum Gasteiger partial charge on any atom is -0.496 e. The molecule has 2 rings (SSSR count). The van der Waals surface area contributed by atoms with Gasteiger partial charge in [0.05, 0.1) is 13.5 Å². The molecule has 6 nitrogen and oxygen atoms in total. The van der Waals surface area contributed by atoms with E-state index in [4.69, 9.17) is 9.57 Å². The number of carbonyl (C=O) groups excluding carboxylic acids is 3. The lowest BCUT2D eigenvalue weighted by Crippen LogP contribution is -2.32. The standard InChI is InChI=1S/C13H13NO5/c1-18-10-5-3-2-4-9(10)8-13(17)19-14-11(15)6-7-12(14)16/h2-5H,6-8H2,1H3. The Kier molecular flexibility index (Phi) is 3.79. The number of amides is 2. The SMILES string of the molecule is COc1ccccc1CC(=O)ON1C(=O)CCC1=O. The van der Waals surface area contributed by atoms with Gasteiger partial charge >= 0.3 is 5.97 Å². The van der Waals surface area contributed by atoms with Crippen LogP contribution in [0.4, 0.5) is 0 Å². The van der Waals surface area contributed by atoms with Crippen LogP contribution >= 0.6 is 0 Å². The first kappa shape index (κ1) is 13.1. The van der Waals surface area contributed by atoms with Crippen LogP contribution in [0.5, 0.6) is 5.75 Å². The Labute approximate surface area is 109 Å². The fraction of sp³-hybridized carbons (Fsp3) is 0.308. The van der Waals surface area contributed by atoms with Crippen LogP contribution in [0.1, 0.15) is 18.4 Å². The summed E-state index contributed by atoms with van der Waals surface area (Å²) in [5, 5.41) is 0.539. The first-order valence-corrected chi connectivity index (χ1v) is 5.80. The number of nitrogens with zero attached hydrogens (tertiary/aromatic N) is 1. The first-order chi connectivity index (χ1) is 9.11. The number of hydrogen-bond acceptors (Lipinski definition) is 5. The number of hydrogen-bond donors (Lipinski definition) is 0. The van der Waals surface area contributed by atoms with Crippen molar-refractivity contribution in [1.82, 2.24) is 5.06 Å². The average molecular weight is 263 g/mol. The highest BCUT2D eigenvalue weighted by Gasteiger charge is 2.32. The maximum Gasteiger partial charge on any atom is 0.337 e. The molecule has 2 amide bonds. The smallest absolute Gasteiger partial charge is 0.337 e. The Hall–Kier alpha value is -2.37. The van der Waals surface area contributed by atoms with Crippen LogP contribution in [-0.2, 0) is 25.6 Å². The van der Waals surface area contributed by atoms with Crippen molar-refractivity contribution in [2.24, 2.45) is 0 Å². The van der Waals surface area contributed by atoms with Crippen LogP contribution in [0.3, 0.4) is 0 Å². The van der Waals surface area contributed by atoms with Crippen molar-refractivity contribution in [2.45, 2.75) is 19.3 Å². The first-order valence-electron chi connectivity index (χ1n) is 5.80. The third-order valence-corrected chi connectivity index (χ3v) is 2.73. The van der Waals surface area contributed by atoms with Crippen molar-refractivity contribution in [3.05, 3.63) is 29.8 Å². The van der Waals surface area contributed by atoms with Crippen molar-refractivity contribution in [3.8, 4) is 5.75 Å². The fourth-order valence-corrected chi connectivity index (χ4v) is 1.80. The van der Waals surface area contributed by atoms with Gasteiger partial charge in [-0.3, -0.25) is 9.59 Å². The van der Waals surface area contributed by atoms with Gasteiger partial charge in [0, 0.05) is 18.4 Å². The molecule has 0 aromatic heterocycles. The molecule has 19 heavy (non-hydrogen) atoms. The van der Waals surface area contributed by atoms with Crippen LogP contribution in [0.25, 0.3) is 0 Å². The highest BCUT2D eigenvalue weighted by molar-refractivity contribution is 6.01. The molecule has 1 heterocycles. The number of para-hydroxylation sites is 1. The monoisotopic (exact) mass is 263 g/mol. The second-order valence-electron chi connectivity index (χ2n) is 4.03. The van der Waals surface area contributed by atoms with Gasteiger partial charge in [0.2, 0.25) is 0 Å². The van der Waals surface area contributed by atoms with Gasteiger partial charge in [0.15, 0.2) is 0 Å². The number of imide groups is 1. The lowest BCUT2D eigenvalue weighted by Gasteiger charge is -2.13. The highest BCUT2D eigenvalue weighted by atomic mass is 16.7. The van der Waals surface area contributed by atoms with E-state index in [9.17, 15) is 14.4 Å². The van der Waals surface area contributed by atoms with Crippen molar-refractivity contribution >= 4 is 17.8 Å². The van der Waals surface area contributed by atoms with Crippen LogP contribution in [-0.4, -0.2) is 30.0 Å². The molecular formula is C13H13NO5. The molecule has 0 spiro atoms. The number of hydroxylamine groups is 2. The summed E-state index contributed by atoms with van der Waals surface area (Å²) in [6, 6.07) is 6.97. The molecule has 0 aliphatic carbocycles. The van der Waals surface area contributed by atoms with E-state index in [1.807, 2.05) is 0 Å². The van der Waals surface area contributed by atoms with Crippen LogP contribution in [0.2, 0.25) is 0 Å². The van der Waals surface area contributed by atoms with E-state index in [0.29, 0.717) is 16.4 Å². The van der Waals surface area contributed by atoms with Gasteiger partial charge in [-0.05, 0) is 6.07 Å². The van der Waals surface area contributed by atoms with Crippen LogP contribution in [0, 0.1) is 0 Å². The summed E-state index contributed by atoms with van der Waals surface area (Å²) in [6.45, 7) is 0. The minimum atomic E-state index is -0.673. The number of methoxy groups -OCH3 is 1. The predicted octanol–water partition coefficient (Wildman–Crippen LogP) is 0.845. The van der Waals surface area contributed by atoms with Crippen molar-refractivity contribution in [2.75, 3.05) is 7.11 Å². The normalized spacial score (nSPS) is 14.7. The van der Waals surface area contributed by atoms with E-state index in [1.165, 1.54) is 7.11 Å². The van der Waals surface area contributed by atoms with E-state index >= 15 is 0 Å². The zero-order chi connectivity index (χ0) is 13.8. The summed E-state index contributed by atoms with van der Waals surface area (Å²) in [7, 11) is 1.50. The molecule has 1 saturated heterocycles. The molecule has 0 radical (unpaired) electrons. The Balaban J connectivity index is 2.01. The van der Waals surface area contributed by atoms with Crippen molar-refractivity contribution in [3.63, 3.8) is 0 Å². The number of carbonyl (C=O) groups is 3. The van der Waals surface area contributed by atoms with E-state index in [1.54, 1.807) is 24.3 Å². The Morgan fingerprint density at radius 1 is 1.21 bits per heavy atom. The molecule has 0 bridgehead atoms. The molecule has 1 aliphatic rings. The lowest BCUT2D eigenvalue weighted by atomic mass is 10.1. The molecule has 1 aromatic rings. The predicted molar refractivity (Wildman–Crippen MR) is 63.9 cm³/mol. The van der Waals surface area contributed by atoms with E-state index in [0.717, 1.165) is 0 Å². The highest BCUT2D eigenvalue weighted by Crippen LogP contribution is 2.19. The fourth-order valence-electron chi connectivity index (χ4n) is 1.80. The number of benzene rings is 1. The zero-order valence-electron chi connectivity index (χ0n) is 10.4. The van der Waals surface area contributed by atoms with Gasteiger partial charge < -0.3 is 9.57 Å². The third-order valence-electron chi connectivity index (χ3n) is 2.73.